The maximum Gasteiger partial charge on any atom is 0.410 e. The normalized spacial score (nSPS) is 16.9. The zero-order valence-electron chi connectivity index (χ0n) is 15.4. The SMILES string of the molecule is CCN(C1CCN(C(=O)OC(C)(C)C)CC1)S(=O)(=O)c1ccccc1. The molecule has 0 aromatic heterocycles. The smallest absolute Gasteiger partial charge is 0.410 e. The standard InChI is InChI=1S/C18H28N2O4S/c1-5-20(25(22,23)16-9-7-6-8-10-16)15-11-13-19(14-12-15)17(21)24-18(2,3)4/h6-10,15H,5,11-14H2,1-4H3. The molecule has 2 rings (SSSR count). The van der Waals surface area contributed by atoms with Crippen molar-refractivity contribution in [3.8, 4) is 0 Å². The van der Waals surface area contributed by atoms with Gasteiger partial charge in [0.1, 0.15) is 5.60 Å². The summed E-state index contributed by atoms with van der Waals surface area (Å²) in [6.45, 7) is 8.77. The van der Waals surface area contributed by atoms with Crippen LogP contribution < -0.4 is 0 Å². The molecule has 0 radical (unpaired) electrons. The molecule has 0 aliphatic carbocycles. The molecule has 140 valence electrons. The molecule has 0 atom stereocenters. The van der Waals surface area contributed by atoms with Crippen molar-refractivity contribution in [1.82, 2.24) is 9.21 Å². The molecular weight excluding hydrogens is 340 g/mol. The number of nitrogens with zero attached hydrogens (tertiary/aromatic N) is 2. The van der Waals surface area contributed by atoms with E-state index in [4.69, 9.17) is 4.74 Å². The van der Waals surface area contributed by atoms with E-state index in [1.807, 2.05) is 27.7 Å². The Morgan fingerprint density at radius 1 is 1.20 bits per heavy atom. The third kappa shape index (κ3) is 4.95. The van der Waals surface area contributed by atoms with Crippen LogP contribution >= 0.6 is 0 Å². The van der Waals surface area contributed by atoms with Crippen molar-refractivity contribution in [2.75, 3.05) is 19.6 Å². The number of hydrogen-bond acceptors (Lipinski definition) is 4. The Hall–Kier alpha value is -1.60. The molecule has 1 aromatic carbocycles. The van der Waals surface area contributed by atoms with Crippen LogP contribution in [-0.2, 0) is 14.8 Å². The molecule has 1 heterocycles. The average molecular weight is 368 g/mol. The van der Waals surface area contributed by atoms with Gasteiger partial charge >= 0.3 is 6.09 Å². The highest BCUT2D eigenvalue weighted by molar-refractivity contribution is 7.89. The second-order valence-electron chi connectivity index (χ2n) is 7.22. The second kappa shape index (κ2) is 7.74. The zero-order chi connectivity index (χ0) is 18.7. The largest absolute Gasteiger partial charge is 0.444 e. The topological polar surface area (TPSA) is 66.9 Å². The van der Waals surface area contributed by atoms with E-state index in [1.54, 1.807) is 39.5 Å². The number of likely N-dealkylation sites (tertiary alicyclic amines) is 1. The lowest BCUT2D eigenvalue weighted by Crippen LogP contribution is -2.49. The van der Waals surface area contributed by atoms with Gasteiger partial charge in [-0.15, -0.1) is 0 Å². The molecule has 0 saturated carbocycles. The first kappa shape index (κ1) is 19.7. The van der Waals surface area contributed by atoms with Gasteiger partial charge in [-0.25, -0.2) is 13.2 Å². The van der Waals surface area contributed by atoms with Crippen LogP contribution in [0.4, 0.5) is 4.79 Å². The molecule has 0 unspecified atom stereocenters. The van der Waals surface area contributed by atoms with Crippen molar-refractivity contribution >= 4 is 16.1 Å². The minimum atomic E-state index is -3.52. The van der Waals surface area contributed by atoms with E-state index >= 15 is 0 Å². The summed E-state index contributed by atoms with van der Waals surface area (Å²) in [4.78, 5) is 14.1. The Morgan fingerprint density at radius 3 is 2.24 bits per heavy atom. The Balaban J connectivity index is 2.04. The highest BCUT2D eigenvalue weighted by Crippen LogP contribution is 2.24. The summed E-state index contributed by atoms with van der Waals surface area (Å²) in [5.74, 6) is 0. The number of piperidine rings is 1. The quantitative estimate of drug-likeness (QED) is 0.819. The van der Waals surface area contributed by atoms with Crippen molar-refractivity contribution in [1.29, 1.82) is 0 Å². The second-order valence-corrected chi connectivity index (χ2v) is 9.11. The van der Waals surface area contributed by atoms with E-state index in [0.717, 1.165) is 0 Å². The van der Waals surface area contributed by atoms with E-state index < -0.39 is 15.6 Å². The predicted octanol–water partition coefficient (Wildman–Crippen LogP) is 3.10. The highest BCUT2D eigenvalue weighted by Gasteiger charge is 2.34. The number of benzene rings is 1. The number of sulfonamides is 1. The van der Waals surface area contributed by atoms with Gasteiger partial charge in [0.25, 0.3) is 0 Å². The molecule has 25 heavy (non-hydrogen) atoms. The van der Waals surface area contributed by atoms with Crippen molar-refractivity contribution in [2.45, 2.75) is 57.1 Å². The van der Waals surface area contributed by atoms with Crippen molar-refractivity contribution in [2.24, 2.45) is 0 Å². The van der Waals surface area contributed by atoms with Gasteiger partial charge in [-0.3, -0.25) is 0 Å². The van der Waals surface area contributed by atoms with E-state index in [-0.39, 0.29) is 12.1 Å². The maximum atomic E-state index is 12.9. The van der Waals surface area contributed by atoms with Gasteiger partial charge < -0.3 is 9.64 Å². The van der Waals surface area contributed by atoms with Crippen LogP contribution in [0.15, 0.2) is 35.2 Å². The van der Waals surface area contributed by atoms with E-state index in [0.29, 0.717) is 37.4 Å². The maximum absolute atomic E-state index is 12.9. The molecule has 7 heteroatoms. The third-order valence-corrected chi connectivity index (χ3v) is 6.23. The monoisotopic (exact) mass is 368 g/mol. The van der Waals surface area contributed by atoms with E-state index in [1.165, 1.54) is 0 Å². The third-order valence-electron chi connectivity index (χ3n) is 4.18. The van der Waals surface area contributed by atoms with Crippen LogP contribution in [0.2, 0.25) is 0 Å². The molecule has 6 nitrogen and oxygen atoms in total. The summed E-state index contributed by atoms with van der Waals surface area (Å²) in [6.07, 6.45) is 0.887. The molecule has 0 spiro atoms. The molecule has 0 N–H and O–H groups in total. The fourth-order valence-corrected chi connectivity index (χ4v) is 4.73. The first-order valence-electron chi connectivity index (χ1n) is 8.70. The van der Waals surface area contributed by atoms with Gasteiger partial charge in [0.2, 0.25) is 10.0 Å². The van der Waals surface area contributed by atoms with Crippen LogP contribution in [0.1, 0.15) is 40.5 Å². The van der Waals surface area contributed by atoms with Crippen LogP contribution in [0.3, 0.4) is 0 Å². The summed E-state index contributed by atoms with van der Waals surface area (Å²) in [7, 11) is -3.52. The minimum Gasteiger partial charge on any atom is -0.444 e. The fourth-order valence-electron chi connectivity index (χ4n) is 3.02. The van der Waals surface area contributed by atoms with E-state index in [9.17, 15) is 13.2 Å². The number of rotatable bonds is 4. The molecule has 1 aromatic rings. The number of carbonyl (C=O) groups is 1. The Morgan fingerprint density at radius 2 is 1.76 bits per heavy atom. The minimum absolute atomic E-state index is 0.103. The first-order chi connectivity index (χ1) is 11.6. The molecule has 1 fully saturated rings. The van der Waals surface area contributed by atoms with Crippen LogP contribution in [0.25, 0.3) is 0 Å². The van der Waals surface area contributed by atoms with Gasteiger partial charge in [0.15, 0.2) is 0 Å². The Kier molecular flexibility index (Phi) is 6.11. The van der Waals surface area contributed by atoms with Gasteiger partial charge in [0, 0.05) is 25.7 Å². The molecule has 1 aliphatic heterocycles. The number of ether oxygens (including phenoxy) is 1. The molecule has 1 amide bonds. The summed E-state index contributed by atoms with van der Waals surface area (Å²) >= 11 is 0. The molecule has 0 bridgehead atoms. The lowest BCUT2D eigenvalue weighted by atomic mass is 10.1. The van der Waals surface area contributed by atoms with Gasteiger partial charge in [-0.05, 0) is 45.7 Å². The summed E-state index contributed by atoms with van der Waals surface area (Å²) in [5, 5.41) is 0. The summed E-state index contributed by atoms with van der Waals surface area (Å²) in [6, 6.07) is 8.39. The Bertz CT molecular complexity index is 675. The molecule has 1 saturated heterocycles. The fraction of sp³-hybridized carbons (Fsp3) is 0.611. The first-order valence-corrected chi connectivity index (χ1v) is 10.1. The van der Waals surface area contributed by atoms with Gasteiger partial charge in [0.05, 0.1) is 4.90 Å². The van der Waals surface area contributed by atoms with Crippen LogP contribution in [0, 0.1) is 0 Å². The lowest BCUT2D eigenvalue weighted by Gasteiger charge is -2.37. The van der Waals surface area contributed by atoms with Crippen molar-refractivity contribution in [3.63, 3.8) is 0 Å². The highest BCUT2D eigenvalue weighted by atomic mass is 32.2. The van der Waals surface area contributed by atoms with Gasteiger partial charge in [-0.1, -0.05) is 25.1 Å². The van der Waals surface area contributed by atoms with Crippen molar-refractivity contribution < 1.29 is 17.9 Å². The zero-order valence-corrected chi connectivity index (χ0v) is 16.3. The van der Waals surface area contributed by atoms with Gasteiger partial charge in [-0.2, -0.15) is 4.31 Å². The predicted molar refractivity (Wildman–Crippen MR) is 96.8 cm³/mol. The number of amides is 1. The lowest BCUT2D eigenvalue weighted by molar-refractivity contribution is 0.0179. The summed E-state index contributed by atoms with van der Waals surface area (Å²) in [5.41, 5.74) is -0.528. The number of hydrogen-bond donors (Lipinski definition) is 0. The molecule has 1 aliphatic rings. The number of carbonyl (C=O) groups excluding carboxylic acids is 1. The van der Waals surface area contributed by atoms with Crippen molar-refractivity contribution in [3.05, 3.63) is 30.3 Å². The average Bonchev–Trinajstić information content (AvgIpc) is 2.55. The van der Waals surface area contributed by atoms with E-state index in [2.05, 4.69) is 0 Å². The molecular formula is C18H28N2O4S. The summed E-state index contributed by atoms with van der Waals surface area (Å²) < 4.78 is 32.7. The Labute approximate surface area is 150 Å². The van der Waals surface area contributed by atoms with Crippen LogP contribution in [0.5, 0.6) is 0 Å². The van der Waals surface area contributed by atoms with Crippen LogP contribution in [-0.4, -0.2) is 55.0 Å².